The fourth-order valence-corrected chi connectivity index (χ4v) is 9.84. The van der Waals surface area contributed by atoms with Crippen molar-refractivity contribution >= 4 is 41.7 Å². The Bertz CT molecular complexity index is 673. The molecule has 2 aromatic heterocycles. The molecule has 0 N–H and O–H groups in total. The van der Waals surface area contributed by atoms with Crippen LogP contribution in [0, 0.1) is 0 Å². The summed E-state index contributed by atoms with van der Waals surface area (Å²) in [6, 6.07) is 15.9. The first kappa shape index (κ1) is 12.2. The number of rotatable bonds is 2. The van der Waals surface area contributed by atoms with Crippen LogP contribution in [-0.4, -0.2) is 8.07 Å². The van der Waals surface area contributed by atoms with Gasteiger partial charge in [0.05, 0.1) is 8.07 Å². The van der Waals surface area contributed by atoms with Crippen LogP contribution < -0.4 is 4.92 Å². The highest BCUT2D eigenvalue weighted by atomic mass is 32.1. The van der Waals surface area contributed by atoms with Gasteiger partial charge < -0.3 is 0 Å². The van der Waals surface area contributed by atoms with Gasteiger partial charge in [-0.25, -0.2) is 0 Å². The molecule has 2 heterocycles. The SMILES string of the molecule is C[Si](C)(C)c1cc2sccc2p1-c1ccccc1. The maximum absolute atomic E-state index is 2.49. The minimum Gasteiger partial charge on any atom is -0.143 e. The Morgan fingerprint density at radius 2 is 1.72 bits per heavy atom. The lowest BCUT2D eigenvalue weighted by Gasteiger charge is -2.18. The molecule has 0 bridgehead atoms. The van der Waals surface area contributed by atoms with E-state index in [-0.39, 0.29) is 7.53 Å². The molecule has 0 nitrogen and oxygen atoms in total. The Labute approximate surface area is 114 Å². The van der Waals surface area contributed by atoms with Crippen LogP contribution in [0.1, 0.15) is 0 Å². The molecule has 1 aromatic carbocycles. The molecule has 3 aromatic rings. The second-order valence-electron chi connectivity index (χ2n) is 5.62. The molecule has 0 amide bonds. The van der Waals surface area contributed by atoms with E-state index in [0.29, 0.717) is 0 Å². The molecule has 0 fully saturated rings. The molecule has 0 spiro atoms. The number of thiophene rings is 1. The van der Waals surface area contributed by atoms with Crippen LogP contribution in [0.3, 0.4) is 0 Å². The zero-order chi connectivity index (χ0) is 12.8. The normalized spacial score (nSPS) is 13.2. The smallest absolute Gasteiger partial charge is 0.0832 e. The van der Waals surface area contributed by atoms with Gasteiger partial charge in [0, 0.05) is 9.82 Å². The summed E-state index contributed by atoms with van der Waals surface area (Å²) in [7, 11) is -1.47. The van der Waals surface area contributed by atoms with E-state index >= 15 is 0 Å². The number of hydrogen-bond donors (Lipinski definition) is 0. The lowest BCUT2D eigenvalue weighted by molar-refractivity contribution is 1.76. The molecular weight excluding hydrogens is 271 g/mol. The molecule has 1 unspecified atom stereocenters. The van der Waals surface area contributed by atoms with Crippen LogP contribution >= 0.6 is 18.9 Å². The van der Waals surface area contributed by atoms with Gasteiger partial charge in [0.15, 0.2) is 0 Å². The molecule has 1 atom stereocenters. The minimum atomic E-state index is -1.23. The van der Waals surface area contributed by atoms with Crippen LogP contribution in [0.15, 0.2) is 47.8 Å². The highest BCUT2D eigenvalue weighted by molar-refractivity contribution is 7.69. The van der Waals surface area contributed by atoms with Crippen LogP contribution in [0.5, 0.6) is 0 Å². The van der Waals surface area contributed by atoms with Crippen molar-refractivity contribution in [2.75, 3.05) is 0 Å². The summed E-state index contributed by atoms with van der Waals surface area (Å²) in [5, 5.41) is 5.33. The second kappa shape index (κ2) is 4.38. The third kappa shape index (κ3) is 1.99. The van der Waals surface area contributed by atoms with Gasteiger partial charge in [-0.3, -0.25) is 0 Å². The van der Waals surface area contributed by atoms with Crippen LogP contribution in [0.2, 0.25) is 19.6 Å². The Kier molecular flexibility index (Phi) is 2.97. The Hall–Kier alpha value is -0.823. The van der Waals surface area contributed by atoms with Crippen molar-refractivity contribution in [3.05, 3.63) is 47.8 Å². The Morgan fingerprint density at radius 3 is 2.39 bits per heavy atom. The molecule has 0 aliphatic heterocycles. The van der Waals surface area contributed by atoms with Crippen LogP contribution in [-0.2, 0) is 0 Å². The van der Waals surface area contributed by atoms with Crippen molar-refractivity contribution in [2.24, 2.45) is 0 Å². The fraction of sp³-hybridized carbons (Fsp3) is 0.200. The van der Waals surface area contributed by atoms with Gasteiger partial charge in [-0.1, -0.05) is 57.5 Å². The average Bonchev–Trinajstić information content (AvgIpc) is 2.88. The topological polar surface area (TPSA) is 0 Å². The van der Waals surface area contributed by atoms with E-state index in [1.165, 1.54) is 10.0 Å². The summed E-state index contributed by atoms with van der Waals surface area (Å²) in [6.45, 7) is 7.40. The predicted molar refractivity (Wildman–Crippen MR) is 88.9 cm³/mol. The van der Waals surface area contributed by atoms with Crippen molar-refractivity contribution in [1.82, 2.24) is 0 Å². The molecule has 0 aliphatic rings. The van der Waals surface area contributed by atoms with E-state index in [1.807, 2.05) is 11.3 Å². The Morgan fingerprint density at radius 1 is 1.00 bits per heavy atom. The van der Waals surface area contributed by atoms with E-state index < -0.39 is 8.07 Å². The van der Waals surface area contributed by atoms with Gasteiger partial charge in [-0.15, -0.1) is 11.3 Å². The molecule has 0 aliphatic carbocycles. The first-order chi connectivity index (χ1) is 8.57. The summed E-state index contributed by atoms with van der Waals surface area (Å²) in [4.78, 5) is 1.74. The van der Waals surface area contributed by atoms with Crippen molar-refractivity contribution in [3.63, 3.8) is 0 Å². The number of fused-ring (bicyclic) bond motifs is 1. The van der Waals surface area contributed by atoms with Gasteiger partial charge in [-0.2, -0.15) is 0 Å². The van der Waals surface area contributed by atoms with Gasteiger partial charge in [0.1, 0.15) is 0 Å². The molecule has 3 rings (SSSR count). The van der Waals surface area contributed by atoms with Gasteiger partial charge in [0.2, 0.25) is 0 Å². The maximum atomic E-state index is 2.49. The van der Waals surface area contributed by atoms with Crippen molar-refractivity contribution in [3.8, 4) is 5.30 Å². The first-order valence-electron chi connectivity index (χ1n) is 6.22. The van der Waals surface area contributed by atoms with Crippen molar-refractivity contribution in [1.29, 1.82) is 0 Å². The van der Waals surface area contributed by atoms with Crippen LogP contribution in [0.25, 0.3) is 15.1 Å². The van der Waals surface area contributed by atoms with Gasteiger partial charge >= 0.3 is 0 Å². The zero-order valence-corrected chi connectivity index (χ0v) is 13.7. The highest BCUT2D eigenvalue weighted by Gasteiger charge is 2.24. The van der Waals surface area contributed by atoms with Gasteiger partial charge in [0.25, 0.3) is 0 Å². The van der Waals surface area contributed by atoms with E-state index in [4.69, 9.17) is 0 Å². The number of benzene rings is 1. The Balaban J connectivity index is 2.34. The molecule has 0 radical (unpaired) electrons. The zero-order valence-electron chi connectivity index (χ0n) is 11.0. The molecule has 0 saturated carbocycles. The molecule has 3 heteroatoms. The summed E-state index contributed by atoms with van der Waals surface area (Å²) in [5.41, 5.74) is 0. The summed E-state index contributed by atoms with van der Waals surface area (Å²) in [5.74, 6) is 0. The van der Waals surface area contributed by atoms with Crippen LogP contribution in [0.4, 0.5) is 0 Å². The minimum absolute atomic E-state index is 0.237. The molecule has 18 heavy (non-hydrogen) atoms. The average molecular weight is 288 g/mol. The molecular formula is C15H17PSSi. The summed E-state index contributed by atoms with van der Waals surface area (Å²) in [6.07, 6.45) is 0. The van der Waals surface area contributed by atoms with E-state index in [9.17, 15) is 0 Å². The lowest BCUT2D eigenvalue weighted by atomic mass is 10.4. The predicted octanol–water partition coefficient (Wildman–Crippen LogP) is 5.42. The monoisotopic (exact) mass is 288 g/mol. The highest BCUT2D eigenvalue weighted by Crippen LogP contribution is 2.48. The third-order valence-electron chi connectivity index (χ3n) is 3.21. The van der Waals surface area contributed by atoms with Crippen molar-refractivity contribution < 1.29 is 0 Å². The van der Waals surface area contributed by atoms with E-state index in [0.717, 1.165) is 0 Å². The summed E-state index contributed by atoms with van der Waals surface area (Å²) < 4.78 is 1.50. The fourth-order valence-electron chi connectivity index (χ4n) is 2.33. The van der Waals surface area contributed by atoms with E-state index in [2.05, 4.69) is 67.5 Å². The first-order valence-corrected chi connectivity index (χ1v) is 11.9. The third-order valence-corrected chi connectivity index (χ3v) is 10.9. The van der Waals surface area contributed by atoms with E-state index in [1.54, 1.807) is 10.0 Å². The van der Waals surface area contributed by atoms with Crippen molar-refractivity contribution in [2.45, 2.75) is 19.6 Å². The quantitative estimate of drug-likeness (QED) is 0.552. The molecule has 0 saturated heterocycles. The standard InChI is InChI=1S/C15H17PSSi/c1-18(2,3)15-11-14-13(9-10-17-14)16(15)12-7-5-4-6-8-12/h4-11H,1-3H3. The maximum Gasteiger partial charge on any atom is 0.0832 e. The lowest BCUT2D eigenvalue weighted by Crippen LogP contribution is -2.35. The van der Waals surface area contributed by atoms with Gasteiger partial charge in [-0.05, 0) is 27.7 Å². The molecule has 92 valence electrons. The second-order valence-corrected chi connectivity index (χ2v) is 14.2. The largest absolute Gasteiger partial charge is 0.143 e. The number of hydrogen-bond acceptors (Lipinski definition) is 1. The summed E-state index contributed by atoms with van der Waals surface area (Å²) >= 11 is 1.89.